The largest absolute Gasteiger partial charge is 0.457 e. The molecule has 0 aliphatic carbocycles. The van der Waals surface area contributed by atoms with Crippen LogP contribution in [0.1, 0.15) is 5.56 Å². The molecule has 1 amide bonds. The molecule has 0 spiro atoms. The number of carbonyl (C=O) groups is 1. The second kappa shape index (κ2) is 6.54. The van der Waals surface area contributed by atoms with Crippen molar-refractivity contribution in [3.05, 3.63) is 65.6 Å². The highest BCUT2D eigenvalue weighted by atomic mass is 32.2. The number of ether oxygens (including phenoxy) is 1. The van der Waals surface area contributed by atoms with Gasteiger partial charge in [0.05, 0.1) is 17.2 Å². The van der Waals surface area contributed by atoms with Gasteiger partial charge in [-0.25, -0.2) is 0 Å². The van der Waals surface area contributed by atoms with E-state index in [1.807, 2.05) is 0 Å². The first-order chi connectivity index (χ1) is 11.1. The van der Waals surface area contributed by atoms with Gasteiger partial charge < -0.3 is 9.84 Å². The molecule has 4 nitrogen and oxygen atoms in total. The summed E-state index contributed by atoms with van der Waals surface area (Å²) in [6.45, 7) is 3.69. The van der Waals surface area contributed by atoms with Crippen LogP contribution in [0.4, 0.5) is 5.69 Å². The molecule has 23 heavy (non-hydrogen) atoms. The average Bonchev–Trinajstić information content (AvgIpc) is 2.82. The van der Waals surface area contributed by atoms with Crippen molar-refractivity contribution in [1.29, 1.82) is 0 Å². The second-order valence-corrected chi connectivity index (χ2v) is 6.56. The molecule has 0 radical (unpaired) electrons. The van der Waals surface area contributed by atoms with Crippen LogP contribution in [-0.2, 0) is 11.4 Å². The van der Waals surface area contributed by atoms with Crippen LogP contribution in [0.5, 0.6) is 11.5 Å². The third kappa shape index (κ3) is 3.29. The summed E-state index contributed by atoms with van der Waals surface area (Å²) in [7, 11) is 0. The first-order valence-electron chi connectivity index (χ1n) is 6.81. The van der Waals surface area contributed by atoms with Crippen molar-refractivity contribution in [1.82, 2.24) is 0 Å². The number of thiocarbonyl (C=S) groups is 1. The third-order valence-corrected chi connectivity index (χ3v) is 4.48. The van der Waals surface area contributed by atoms with E-state index < -0.39 is 0 Å². The number of aliphatic hydroxyl groups is 1. The van der Waals surface area contributed by atoms with Crippen molar-refractivity contribution in [3.63, 3.8) is 0 Å². The Hall–Kier alpha value is -2.15. The molecule has 2 aromatic rings. The van der Waals surface area contributed by atoms with Gasteiger partial charge in [-0.05, 0) is 42.0 Å². The molecule has 0 bridgehead atoms. The summed E-state index contributed by atoms with van der Waals surface area (Å²) in [5.74, 6) is 1.13. The van der Waals surface area contributed by atoms with Gasteiger partial charge in [-0.3, -0.25) is 9.69 Å². The summed E-state index contributed by atoms with van der Waals surface area (Å²) in [4.78, 5) is 13.9. The van der Waals surface area contributed by atoms with Gasteiger partial charge in [0.25, 0.3) is 5.91 Å². The van der Waals surface area contributed by atoms with E-state index >= 15 is 0 Å². The molecule has 0 atom stereocenters. The molecule has 1 fully saturated rings. The average molecular weight is 343 g/mol. The Bertz CT molecular complexity index is 769. The van der Waals surface area contributed by atoms with E-state index in [4.69, 9.17) is 22.1 Å². The molecule has 0 aromatic heterocycles. The van der Waals surface area contributed by atoms with E-state index in [-0.39, 0.29) is 12.5 Å². The fraction of sp³-hybridized carbons (Fsp3) is 0.0588. The SMILES string of the molecule is C=C1SC(=S)N(c2ccc(Oc3ccc(CO)cc3)cc2)C1=O. The van der Waals surface area contributed by atoms with Crippen LogP contribution in [0.15, 0.2) is 60.0 Å². The normalized spacial score (nSPS) is 14.5. The van der Waals surface area contributed by atoms with Crippen molar-refractivity contribution < 1.29 is 14.6 Å². The summed E-state index contributed by atoms with van der Waals surface area (Å²) in [6.07, 6.45) is 0. The first-order valence-corrected chi connectivity index (χ1v) is 8.04. The number of benzene rings is 2. The Morgan fingerprint density at radius 1 is 1.09 bits per heavy atom. The molecule has 1 N–H and O–H groups in total. The van der Waals surface area contributed by atoms with Crippen molar-refractivity contribution in [2.45, 2.75) is 6.61 Å². The topological polar surface area (TPSA) is 49.8 Å². The molecule has 1 saturated heterocycles. The fourth-order valence-corrected chi connectivity index (χ4v) is 3.25. The zero-order valence-corrected chi connectivity index (χ0v) is 13.7. The number of carbonyl (C=O) groups excluding carboxylic acids is 1. The van der Waals surface area contributed by atoms with Crippen LogP contribution in [0.3, 0.4) is 0 Å². The van der Waals surface area contributed by atoms with Gasteiger partial charge in [0.1, 0.15) is 11.5 Å². The summed E-state index contributed by atoms with van der Waals surface area (Å²) in [5, 5.41) is 9.02. The van der Waals surface area contributed by atoms with Crippen LogP contribution in [0, 0.1) is 0 Å². The molecule has 0 saturated carbocycles. The molecular formula is C17H13NO3S2. The Morgan fingerprint density at radius 2 is 1.65 bits per heavy atom. The zero-order valence-electron chi connectivity index (χ0n) is 12.1. The molecule has 116 valence electrons. The Kier molecular flexibility index (Phi) is 4.47. The first kappa shape index (κ1) is 15.7. The number of aliphatic hydroxyl groups excluding tert-OH is 1. The van der Waals surface area contributed by atoms with Gasteiger partial charge in [0.2, 0.25) is 0 Å². The third-order valence-electron chi connectivity index (χ3n) is 3.27. The second-order valence-electron chi connectivity index (χ2n) is 4.83. The van der Waals surface area contributed by atoms with Crippen LogP contribution >= 0.6 is 24.0 Å². The van der Waals surface area contributed by atoms with Crippen LogP contribution < -0.4 is 9.64 Å². The Balaban J connectivity index is 1.75. The molecule has 1 aliphatic rings. The number of thioether (sulfide) groups is 1. The van der Waals surface area contributed by atoms with E-state index in [1.54, 1.807) is 48.5 Å². The van der Waals surface area contributed by atoms with Gasteiger partial charge in [0, 0.05) is 0 Å². The fourth-order valence-electron chi connectivity index (χ4n) is 2.09. The minimum absolute atomic E-state index is 0.00204. The minimum Gasteiger partial charge on any atom is -0.457 e. The smallest absolute Gasteiger partial charge is 0.270 e. The predicted octanol–water partition coefficient (Wildman–Crippen LogP) is 3.85. The van der Waals surface area contributed by atoms with Crippen LogP contribution in [-0.4, -0.2) is 15.3 Å². The molecule has 1 heterocycles. The van der Waals surface area contributed by atoms with E-state index in [1.165, 1.54) is 16.7 Å². The van der Waals surface area contributed by atoms with Crippen LogP contribution in [0.2, 0.25) is 0 Å². The summed E-state index contributed by atoms with van der Waals surface area (Å²) in [5.41, 5.74) is 1.51. The molecule has 2 aromatic carbocycles. The van der Waals surface area contributed by atoms with Crippen molar-refractivity contribution in [2.75, 3.05) is 4.90 Å². The lowest BCUT2D eigenvalue weighted by atomic mass is 10.2. The highest BCUT2D eigenvalue weighted by molar-refractivity contribution is 8.27. The molecule has 3 rings (SSSR count). The van der Waals surface area contributed by atoms with Crippen molar-refractivity contribution in [3.8, 4) is 11.5 Å². The van der Waals surface area contributed by atoms with Gasteiger partial charge in [-0.1, -0.05) is 42.7 Å². The summed E-state index contributed by atoms with van der Waals surface area (Å²) in [6, 6.07) is 14.3. The lowest BCUT2D eigenvalue weighted by Crippen LogP contribution is -2.27. The lowest BCUT2D eigenvalue weighted by molar-refractivity contribution is -0.113. The molecule has 6 heteroatoms. The quantitative estimate of drug-likeness (QED) is 0.675. The summed E-state index contributed by atoms with van der Waals surface area (Å²) < 4.78 is 6.21. The summed E-state index contributed by atoms with van der Waals surface area (Å²) >= 11 is 6.40. The number of nitrogens with zero attached hydrogens (tertiary/aromatic N) is 1. The van der Waals surface area contributed by atoms with Crippen LogP contribution in [0.25, 0.3) is 0 Å². The molecule has 0 unspecified atom stereocenters. The van der Waals surface area contributed by atoms with E-state index in [2.05, 4.69) is 6.58 Å². The number of hydrogen-bond donors (Lipinski definition) is 1. The number of hydrogen-bond acceptors (Lipinski definition) is 5. The van der Waals surface area contributed by atoms with Crippen molar-refractivity contribution >= 4 is 39.9 Å². The minimum atomic E-state index is -0.187. The van der Waals surface area contributed by atoms with E-state index in [9.17, 15) is 4.79 Å². The van der Waals surface area contributed by atoms with Gasteiger partial charge in [-0.2, -0.15) is 0 Å². The Morgan fingerprint density at radius 3 is 2.13 bits per heavy atom. The number of anilines is 1. The maximum atomic E-state index is 12.0. The zero-order chi connectivity index (χ0) is 16.4. The van der Waals surface area contributed by atoms with Gasteiger partial charge >= 0.3 is 0 Å². The number of amides is 1. The lowest BCUT2D eigenvalue weighted by Gasteiger charge is -2.15. The standard InChI is InChI=1S/C17H13NO3S2/c1-11-16(20)18(17(22)23-11)13-4-8-15(9-5-13)21-14-6-2-12(10-19)3-7-14/h2-9,19H,1,10H2. The Labute approximate surface area is 143 Å². The van der Waals surface area contributed by atoms with Crippen molar-refractivity contribution in [2.24, 2.45) is 0 Å². The molecule has 1 aliphatic heterocycles. The van der Waals surface area contributed by atoms with E-state index in [0.29, 0.717) is 26.4 Å². The maximum absolute atomic E-state index is 12.0. The predicted molar refractivity (Wildman–Crippen MR) is 95.7 cm³/mol. The highest BCUT2D eigenvalue weighted by Gasteiger charge is 2.31. The van der Waals surface area contributed by atoms with E-state index in [0.717, 1.165) is 5.56 Å². The molecular weight excluding hydrogens is 330 g/mol. The number of rotatable bonds is 4. The maximum Gasteiger partial charge on any atom is 0.270 e. The van der Waals surface area contributed by atoms with Gasteiger partial charge in [0.15, 0.2) is 4.32 Å². The highest BCUT2D eigenvalue weighted by Crippen LogP contribution is 2.34. The monoisotopic (exact) mass is 343 g/mol. The van der Waals surface area contributed by atoms with Gasteiger partial charge in [-0.15, -0.1) is 0 Å².